The van der Waals surface area contributed by atoms with Crippen LogP contribution in [0.15, 0.2) is 0 Å². The molecule has 0 amide bonds. The van der Waals surface area contributed by atoms with E-state index in [0.717, 1.165) is 5.92 Å². The Labute approximate surface area is 127 Å². The van der Waals surface area contributed by atoms with E-state index in [1.54, 1.807) is 4.88 Å². The number of rotatable bonds is 4. The van der Waals surface area contributed by atoms with Crippen molar-refractivity contribution in [3.8, 4) is 0 Å². The van der Waals surface area contributed by atoms with Crippen LogP contribution in [-0.4, -0.2) is 11.0 Å². The highest BCUT2D eigenvalue weighted by Gasteiger charge is 2.40. The largest absolute Gasteiger partial charge is 0.303 e. The van der Waals surface area contributed by atoms with E-state index >= 15 is 0 Å². The molecular formula is C17H28N2S. The molecule has 1 heterocycles. The molecule has 0 aliphatic heterocycles. The van der Waals surface area contributed by atoms with Crippen molar-refractivity contribution in [3.63, 3.8) is 0 Å². The Hall–Kier alpha value is -0.410. The molecule has 0 atom stereocenters. The summed E-state index contributed by atoms with van der Waals surface area (Å²) in [6.45, 7) is 6.88. The molecule has 0 aromatic carbocycles. The molecule has 112 valence electrons. The van der Waals surface area contributed by atoms with Crippen molar-refractivity contribution >= 4 is 11.3 Å². The molecule has 0 bridgehead atoms. The number of hydrogen-bond acceptors (Lipinski definition) is 3. The number of aromatic nitrogens is 1. The van der Waals surface area contributed by atoms with Crippen LogP contribution in [0.1, 0.15) is 74.9 Å². The highest BCUT2D eigenvalue weighted by molar-refractivity contribution is 7.12. The van der Waals surface area contributed by atoms with E-state index in [-0.39, 0.29) is 5.54 Å². The lowest BCUT2D eigenvalue weighted by Gasteiger charge is -2.41. The minimum absolute atomic E-state index is 0.175. The second-order valence-corrected chi connectivity index (χ2v) is 8.06. The fourth-order valence-corrected chi connectivity index (χ4v) is 5.31. The van der Waals surface area contributed by atoms with E-state index in [9.17, 15) is 0 Å². The van der Waals surface area contributed by atoms with Crippen molar-refractivity contribution in [2.24, 2.45) is 5.92 Å². The van der Waals surface area contributed by atoms with Gasteiger partial charge in [0.15, 0.2) is 0 Å². The topological polar surface area (TPSA) is 24.9 Å². The zero-order valence-corrected chi connectivity index (χ0v) is 14.0. The molecule has 1 fully saturated rings. The predicted molar refractivity (Wildman–Crippen MR) is 86.3 cm³/mol. The van der Waals surface area contributed by atoms with Gasteiger partial charge in [-0.1, -0.05) is 13.3 Å². The van der Waals surface area contributed by atoms with Gasteiger partial charge >= 0.3 is 0 Å². The van der Waals surface area contributed by atoms with Gasteiger partial charge in [0.05, 0.1) is 11.2 Å². The normalized spacial score (nSPS) is 29.9. The first-order valence-electron chi connectivity index (χ1n) is 8.39. The molecule has 0 saturated heterocycles. The number of thiazole rings is 1. The Bertz CT molecular complexity index is 434. The van der Waals surface area contributed by atoms with Crippen molar-refractivity contribution in [1.82, 2.24) is 10.3 Å². The quantitative estimate of drug-likeness (QED) is 0.888. The van der Waals surface area contributed by atoms with Gasteiger partial charge in [-0.25, -0.2) is 4.98 Å². The first-order valence-corrected chi connectivity index (χ1v) is 9.21. The second-order valence-electron chi connectivity index (χ2n) is 6.98. The van der Waals surface area contributed by atoms with Gasteiger partial charge in [0, 0.05) is 10.9 Å². The standard InChI is InChI=1S/C17H28N2S/c1-4-13-8-10-17(11-9-13,19-12(2)3)16-18-14-6-5-7-15(14)20-16/h12-13,19H,4-11H2,1-3H3. The van der Waals surface area contributed by atoms with Crippen molar-refractivity contribution in [1.29, 1.82) is 0 Å². The molecular weight excluding hydrogens is 264 g/mol. The summed E-state index contributed by atoms with van der Waals surface area (Å²) in [4.78, 5) is 6.62. The summed E-state index contributed by atoms with van der Waals surface area (Å²) in [6.07, 6.45) is 10.4. The number of aryl methyl sites for hydroxylation is 2. The molecule has 0 spiro atoms. The van der Waals surface area contributed by atoms with Crippen LogP contribution >= 0.6 is 11.3 Å². The first-order chi connectivity index (χ1) is 9.63. The molecule has 1 aromatic heterocycles. The van der Waals surface area contributed by atoms with Crippen molar-refractivity contribution in [3.05, 3.63) is 15.6 Å². The first kappa shape index (κ1) is 14.5. The fourth-order valence-electron chi connectivity index (χ4n) is 3.95. The summed E-state index contributed by atoms with van der Waals surface area (Å²) < 4.78 is 0. The van der Waals surface area contributed by atoms with Crippen molar-refractivity contribution in [2.45, 2.75) is 83.7 Å². The molecule has 2 aliphatic carbocycles. The Morgan fingerprint density at radius 1 is 1.30 bits per heavy atom. The van der Waals surface area contributed by atoms with Gasteiger partial charge in [0.1, 0.15) is 5.01 Å². The SMILES string of the molecule is CCC1CCC(NC(C)C)(c2nc3c(s2)CCC3)CC1. The summed E-state index contributed by atoms with van der Waals surface area (Å²) in [6, 6.07) is 0.534. The molecule has 1 saturated carbocycles. The van der Waals surface area contributed by atoms with Crippen molar-refractivity contribution in [2.75, 3.05) is 0 Å². The van der Waals surface area contributed by atoms with Gasteiger partial charge in [0.2, 0.25) is 0 Å². The van der Waals surface area contributed by atoms with Crippen LogP contribution in [-0.2, 0) is 18.4 Å². The van der Waals surface area contributed by atoms with E-state index in [1.165, 1.54) is 62.1 Å². The minimum atomic E-state index is 0.175. The lowest BCUT2D eigenvalue weighted by atomic mass is 9.75. The molecule has 2 nitrogen and oxygen atoms in total. The summed E-state index contributed by atoms with van der Waals surface area (Å²) in [5.41, 5.74) is 1.59. The van der Waals surface area contributed by atoms with E-state index in [2.05, 4.69) is 26.1 Å². The average Bonchev–Trinajstić information content (AvgIpc) is 2.99. The van der Waals surface area contributed by atoms with E-state index in [1.807, 2.05) is 11.3 Å². The zero-order valence-electron chi connectivity index (χ0n) is 13.2. The molecule has 0 radical (unpaired) electrons. The third-order valence-corrected chi connectivity index (χ3v) is 6.47. The smallest absolute Gasteiger partial charge is 0.113 e. The van der Waals surface area contributed by atoms with Gasteiger partial charge in [-0.05, 0) is 64.7 Å². The molecule has 20 heavy (non-hydrogen) atoms. The Kier molecular flexibility index (Phi) is 4.19. The maximum Gasteiger partial charge on any atom is 0.113 e. The molecule has 3 heteroatoms. The van der Waals surface area contributed by atoms with Gasteiger partial charge in [-0.2, -0.15) is 0 Å². The minimum Gasteiger partial charge on any atom is -0.303 e. The highest BCUT2D eigenvalue weighted by Crippen LogP contribution is 2.44. The van der Waals surface area contributed by atoms with Crippen molar-refractivity contribution < 1.29 is 0 Å². The summed E-state index contributed by atoms with van der Waals surface area (Å²) in [7, 11) is 0. The molecule has 1 N–H and O–H groups in total. The Morgan fingerprint density at radius 3 is 2.65 bits per heavy atom. The highest BCUT2D eigenvalue weighted by atomic mass is 32.1. The Morgan fingerprint density at radius 2 is 2.05 bits per heavy atom. The van der Waals surface area contributed by atoms with Crippen LogP contribution in [0.4, 0.5) is 0 Å². The average molecular weight is 292 g/mol. The summed E-state index contributed by atoms with van der Waals surface area (Å²) >= 11 is 2.00. The van der Waals surface area contributed by atoms with Gasteiger partial charge in [0.25, 0.3) is 0 Å². The molecule has 3 rings (SSSR count). The lowest BCUT2D eigenvalue weighted by molar-refractivity contribution is 0.173. The van der Waals surface area contributed by atoms with Crippen LogP contribution < -0.4 is 5.32 Å². The van der Waals surface area contributed by atoms with Crippen LogP contribution in [0.2, 0.25) is 0 Å². The van der Waals surface area contributed by atoms with E-state index in [0.29, 0.717) is 6.04 Å². The maximum absolute atomic E-state index is 5.05. The van der Waals surface area contributed by atoms with Gasteiger partial charge in [-0.3, -0.25) is 0 Å². The van der Waals surface area contributed by atoms with Gasteiger partial charge in [-0.15, -0.1) is 11.3 Å². The second kappa shape index (κ2) is 5.76. The maximum atomic E-state index is 5.05. The third-order valence-electron chi connectivity index (χ3n) is 5.11. The number of nitrogens with zero attached hydrogens (tertiary/aromatic N) is 1. The lowest BCUT2D eigenvalue weighted by Crippen LogP contribution is -2.48. The zero-order chi connectivity index (χ0) is 14.2. The molecule has 2 aliphatic rings. The van der Waals surface area contributed by atoms with Gasteiger partial charge < -0.3 is 5.32 Å². The molecule has 0 unspecified atom stereocenters. The van der Waals surface area contributed by atoms with Crippen LogP contribution in [0, 0.1) is 5.92 Å². The molecule has 1 aromatic rings. The van der Waals surface area contributed by atoms with E-state index < -0.39 is 0 Å². The van der Waals surface area contributed by atoms with Crippen LogP contribution in [0.3, 0.4) is 0 Å². The van der Waals surface area contributed by atoms with E-state index in [4.69, 9.17) is 4.98 Å². The number of fused-ring (bicyclic) bond motifs is 1. The fraction of sp³-hybridized carbons (Fsp3) is 0.824. The van der Waals surface area contributed by atoms with Crippen LogP contribution in [0.5, 0.6) is 0 Å². The number of hydrogen-bond donors (Lipinski definition) is 1. The third kappa shape index (κ3) is 2.67. The number of nitrogens with one attached hydrogen (secondary N) is 1. The van der Waals surface area contributed by atoms with Crippen LogP contribution in [0.25, 0.3) is 0 Å². The monoisotopic (exact) mass is 292 g/mol. The summed E-state index contributed by atoms with van der Waals surface area (Å²) in [5, 5.41) is 5.29. The summed E-state index contributed by atoms with van der Waals surface area (Å²) in [5.74, 6) is 0.934. The Balaban J connectivity index is 1.85. The predicted octanol–water partition coefficient (Wildman–Crippen LogP) is 4.43.